The Hall–Kier alpha value is -3.38. The lowest BCUT2D eigenvalue weighted by molar-refractivity contribution is 0.793. The third-order valence-electron chi connectivity index (χ3n) is 6.48. The van der Waals surface area contributed by atoms with E-state index in [-0.39, 0.29) is 5.41 Å². The SMILES string of the molecule is C=C(C)c1cccc2c1-c1ccccc1C21c2ccccc2-c2ccccc21. The van der Waals surface area contributed by atoms with Gasteiger partial charge in [0.2, 0.25) is 0 Å². The van der Waals surface area contributed by atoms with E-state index in [0.717, 1.165) is 5.57 Å². The Morgan fingerprint density at radius 1 is 0.571 bits per heavy atom. The average Bonchev–Trinajstić information content (AvgIpc) is 3.21. The Morgan fingerprint density at radius 3 is 1.61 bits per heavy atom. The first kappa shape index (κ1) is 15.7. The van der Waals surface area contributed by atoms with E-state index in [0.29, 0.717) is 0 Å². The Kier molecular flexibility index (Phi) is 2.98. The Balaban J connectivity index is 1.87. The largest absolute Gasteiger partial charge is 0.0955 e. The lowest BCUT2D eigenvalue weighted by Crippen LogP contribution is -2.25. The maximum Gasteiger partial charge on any atom is 0.0725 e. The van der Waals surface area contributed by atoms with E-state index in [2.05, 4.69) is 104 Å². The van der Waals surface area contributed by atoms with E-state index >= 15 is 0 Å². The molecule has 0 N–H and O–H groups in total. The molecule has 132 valence electrons. The normalized spacial score (nSPS) is 14.3. The molecule has 28 heavy (non-hydrogen) atoms. The van der Waals surface area contributed by atoms with Crippen LogP contribution in [0.4, 0.5) is 0 Å². The van der Waals surface area contributed by atoms with Crippen LogP contribution in [0.25, 0.3) is 27.8 Å². The van der Waals surface area contributed by atoms with Gasteiger partial charge in [-0.2, -0.15) is 0 Å². The zero-order valence-corrected chi connectivity index (χ0v) is 15.9. The highest BCUT2D eigenvalue weighted by atomic mass is 14.5. The van der Waals surface area contributed by atoms with E-state index in [4.69, 9.17) is 0 Å². The van der Waals surface area contributed by atoms with Crippen molar-refractivity contribution in [2.75, 3.05) is 0 Å². The Bertz CT molecular complexity index is 1240. The minimum atomic E-state index is -0.245. The first-order valence-electron chi connectivity index (χ1n) is 9.83. The zero-order valence-electron chi connectivity index (χ0n) is 15.9. The second kappa shape index (κ2) is 5.33. The summed E-state index contributed by atoms with van der Waals surface area (Å²) in [5, 5.41) is 0. The van der Waals surface area contributed by atoms with Gasteiger partial charge in [-0.1, -0.05) is 103 Å². The van der Waals surface area contributed by atoms with Gasteiger partial charge >= 0.3 is 0 Å². The van der Waals surface area contributed by atoms with E-state index < -0.39 is 0 Å². The number of rotatable bonds is 1. The summed E-state index contributed by atoms with van der Waals surface area (Å²) in [5.74, 6) is 0. The number of benzene rings is 4. The molecule has 4 aromatic carbocycles. The van der Waals surface area contributed by atoms with E-state index in [1.54, 1.807) is 0 Å². The average molecular weight is 356 g/mol. The molecule has 0 saturated carbocycles. The molecule has 4 aromatic rings. The second-order valence-corrected chi connectivity index (χ2v) is 7.90. The van der Waals surface area contributed by atoms with Crippen molar-refractivity contribution in [1.82, 2.24) is 0 Å². The number of hydrogen-bond acceptors (Lipinski definition) is 0. The van der Waals surface area contributed by atoms with Crippen molar-refractivity contribution >= 4 is 5.57 Å². The molecule has 0 radical (unpaired) electrons. The van der Waals surface area contributed by atoms with Crippen LogP contribution in [0, 0.1) is 0 Å². The predicted octanol–water partition coefficient (Wildman–Crippen LogP) is 7.06. The molecule has 6 rings (SSSR count). The van der Waals surface area contributed by atoms with Crippen molar-refractivity contribution in [3.8, 4) is 22.3 Å². The predicted molar refractivity (Wildman–Crippen MR) is 117 cm³/mol. The molecule has 0 fully saturated rings. The van der Waals surface area contributed by atoms with Crippen LogP contribution >= 0.6 is 0 Å². The second-order valence-electron chi connectivity index (χ2n) is 7.90. The molecule has 0 saturated heterocycles. The summed E-state index contributed by atoms with van der Waals surface area (Å²) >= 11 is 0. The Labute approximate surface area is 165 Å². The number of fused-ring (bicyclic) bond motifs is 10. The summed E-state index contributed by atoms with van der Waals surface area (Å²) in [6, 6.07) is 33.5. The smallest absolute Gasteiger partial charge is 0.0725 e. The van der Waals surface area contributed by atoms with Gasteiger partial charge in [-0.15, -0.1) is 0 Å². The molecule has 0 heterocycles. The highest BCUT2D eigenvalue weighted by Crippen LogP contribution is 2.63. The van der Waals surface area contributed by atoms with E-state index in [9.17, 15) is 0 Å². The quantitative estimate of drug-likeness (QED) is 0.296. The van der Waals surface area contributed by atoms with E-state index in [1.165, 1.54) is 50.1 Å². The van der Waals surface area contributed by atoms with Gasteiger partial charge in [0.25, 0.3) is 0 Å². The van der Waals surface area contributed by atoms with Gasteiger partial charge in [-0.3, -0.25) is 0 Å². The van der Waals surface area contributed by atoms with Crippen molar-refractivity contribution in [3.05, 3.63) is 125 Å². The van der Waals surface area contributed by atoms with Crippen LogP contribution in [0.3, 0.4) is 0 Å². The molecule has 0 atom stereocenters. The summed E-state index contributed by atoms with van der Waals surface area (Å²) in [5.41, 5.74) is 13.0. The van der Waals surface area contributed by atoms with Gasteiger partial charge in [0.1, 0.15) is 0 Å². The maximum absolute atomic E-state index is 4.28. The molecular formula is C28H20. The maximum atomic E-state index is 4.28. The molecule has 0 amide bonds. The molecule has 0 nitrogen and oxygen atoms in total. The molecule has 2 aliphatic rings. The fraction of sp³-hybridized carbons (Fsp3) is 0.0714. The third-order valence-corrected chi connectivity index (χ3v) is 6.48. The third kappa shape index (κ3) is 1.67. The number of hydrogen-bond donors (Lipinski definition) is 0. The summed E-state index contributed by atoms with van der Waals surface area (Å²) < 4.78 is 0. The molecule has 0 aromatic heterocycles. The lowest BCUT2D eigenvalue weighted by atomic mass is 9.70. The van der Waals surface area contributed by atoms with Gasteiger partial charge in [0.15, 0.2) is 0 Å². The first-order chi connectivity index (χ1) is 13.7. The van der Waals surface area contributed by atoms with Crippen LogP contribution in [0.2, 0.25) is 0 Å². The highest BCUT2D eigenvalue weighted by molar-refractivity contribution is 5.98. The molecule has 1 spiro atoms. The van der Waals surface area contributed by atoms with Crippen LogP contribution < -0.4 is 0 Å². The van der Waals surface area contributed by atoms with E-state index in [1.807, 2.05) is 0 Å². The first-order valence-corrected chi connectivity index (χ1v) is 9.83. The minimum absolute atomic E-state index is 0.245. The summed E-state index contributed by atoms with van der Waals surface area (Å²) in [6.45, 7) is 6.39. The molecular weight excluding hydrogens is 336 g/mol. The monoisotopic (exact) mass is 356 g/mol. The minimum Gasteiger partial charge on any atom is -0.0955 e. The Morgan fingerprint density at radius 2 is 1.04 bits per heavy atom. The van der Waals surface area contributed by atoms with Crippen LogP contribution in [0.5, 0.6) is 0 Å². The molecule has 0 aliphatic heterocycles. The van der Waals surface area contributed by atoms with Crippen molar-refractivity contribution in [2.45, 2.75) is 12.3 Å². The fourth-order valence-electron chi connectivity index (χ4n) is 5.50. The van der Waals surface area contributed by atoms with Crippen LogP contribution in [-0.4, -0.2) is 0 Å². The van der Waals surface area contributed by atoms with Gasteiger partial charge < -0.3 is 0 Å². The molecule has 0 bridgehead atoms. The van der Waals surface area contributed by atoms with Crippen molar-refractivity contribution < 1.29 is 0 Å². The van der Waals surface area contributed by atoms with Crippen molar-refractivity contribution in [3.63, 3.8) is 0 Å². The van der Waals surface area contributed by atoms with Crippen LogP contribution in [0.1, 0.15) is 34.7 Å². The topological polar surface area (TPSA) is 0 Å². The lowest BCUT2D eigenvalue weighted by Gasteiger charge is -2.30. The fourth-order valence-corrected chi connectivity index (χ4v) is 5.50. The van der Waals surface area contributed by atoms with Crippen LogP contribution in [-0.2, 0) is 5.41 Å². The standard InChI is InChI=1S/C28H20/c1-18(2)19-13-9-17-26-27(19)22-12-5-8-16-25(22)28(26)23-14-6-3-10-20(23)21-11-4-7-15-24(21)28/h3-17H,1H2,2H3. The molecule has 0 unspecified atom stereocenters. The van der Waals surface area contributed by atoms with Crippen molar-refractivity contribution in [1.29, 1.82) is 0 Å². The van der Waals surface area contributed by atoms with Gasteiger partial charge in [0.05, 0.1) is 5.41 Å². The summed E-state index contributed by atoms with van der Waals surface area (Å²) in [6.07, 6.45) is 0. The van der Waals surface area contributed by atoms with Gasteiger partial charge in [-0.25, -0.2) is 0 Å². The summed E-state index contributed by atoms with van der Waals surface area (Å²) in [7, 11) is 0. The number of allylic oxidation sites excluding steroid dienone is 1. The van der Waals surface area contributed by atoms with Crippen molar-refractivity contribution in [2.24, 2.45) is 0 Å². The molecule has 0 heteroatoms. The zero-order chi connectivity index (χ0) is 18.9. The van der Waals surface area contributed by atoms with Gasteiger partial charge in [0, 0.05) is 0 Å². The summed E-state index contributed by atoms with van der Waals surface area (Å²) in [4.78, 5) is 0. The van der Waals surface area contributed by atoms with Gasteiger partial charge in [-0.05, 0) is 57.0 Å². The highest BCUT2D eigenvalue weighted by Gasteiger charge is 2.51. The molecule has 2 aliphatic carbocycles. The van der Waals surface area contributed by atoms with Crippen LogP contribution in [0.15, 0.2) is 97.6 Å².